The Morgan fingerprint density at radius 2 is 1.78 bits per heavy atom. The third kappa shape index (κ3) is 3.74. The van der Waals surface area contributed by atoms with Crippen LogP contribution in [0, 0.1) is 0 Å². The monoisotopic (exact) mass is 372 g/mol. The van der Waals surface area contributed by atoms with E-state index in [0.29, 0.717) is 43.3 Å². The van der Waals surface area contributed by atoms with E-state index in [0.717, 1.165) is 11.0 Å². The van der Waals surface area contributed by atoms with E-state index < -0.39 is 0 Å². The largest absolute Gasteiger partial charge is 0.497 e. The Kier molecular flexibility index (Phi) is 5.34. The van der Waals surface area contributed by atoms with Crippen LogP contribution in [-0.2, 0) is 14.1 Å². The Labute approximate surface area is 157 Å². The zero-order valence-corrected chi connectivity index (χ0v) is 15.8. The highest BCUT2D eigenvalue weighted by molar-refractivity contribution is 5.94. The first-order chi connectivity index (χ1) is 12.9. The number of hydrogen-bond acceptors (Lipinski definition) is 5. The van der Waals surface area contributed by atoms with Crippen molar-refractivity contribution in [3.63, 3.8) is 0 Å². The number of ether oxygens (including phenoxy) is 1. The molecule has 8 heteroatoms. The van der Waals surface area contributed by atoms with E-state index >= 15 is 0 Å². The highest BCUT2D eigenvalue weighted by atomic mass is 16.5. The van der Waals surface area contributed by atoms with Crippen molar-refractivity contribution in [1.82, 2.24) is 14.0 Å². The van der Waals surface area contributed by atoms with Gasteiger partial charge >= 0.3 is 5.69 Å². The number of benzene rings is 1. The standard InChI is InChI=1S/C19H24N4O4/c1-20-16(13-17(24)21(2)19(20)26)22-8-5-9-23(11-10-22)18(25)14-6-4-7-15(12-14)27-3/h4,6-7,12-13H,5,8-11H2,1-3H3. The Morgan fingerprint density at radius 1 is 1.00 bits per heavy atom. The van der Waals surface area contributed by atoms with Crippen LogP contribution in [0.5, 0.6) is 5.75 Å². The fourth-order valence-corrected chi connectivity index (χ4v) is 3.31. The van der Waals surface area contributed by atoms with E-state index in [-0.39, 0.29) is 17.2 Å². The molecule has 2 aromatic rings. The van der Waals surface area contributed by atoms with Gasteiger partial charge in [-0.15, -0.1) is 0 Å². The topological polar surface area (TPSA) is 76.8 Å². The summed E-state index contributed by atoms with van der Waals surface area (Å²) in [5.41, 5.74) is -0.100. The Bertz CT molecular complexity index is 963. The lowest BCUT2D eigenvalue weighted by Crippen LogP contribution is -2.41. The minimum atomic E-state index is -0.355. The maximum atomic E-state index is 12.8. The van der Waals surface area contributed by atoms with Crippen molar-refractivity contribution in [3.05, 3.63) is 56.7 Å². The van der Waals surface area contributed by atoms with E-state index in [4.69, 9.17) is 4.74 Å². The van der Waals surface area contributed by atoms with E-state index in [1.54, 1.807) is 43.3 Å². The van der Waals surface area contributed by atoms with Crippen LogP contribution in [0.4, 0.5) is 5.82 Å². The van der Waals surface area contributed by atoms with Crippen LogP contribution < -0.4 is 20.9 Å². The van der Waals surface area contributed by atoms with Gasteiger partial charge in [0.1, 0.15) is 11.6 Å². The van der Waals surface area contributed by atoms with Gasteiger partial charge in [-0.05, 0) is 24.6 Å². The molecule has 1 fully saturated rings. The molecule has 0 spiro atoms. The Hall–Kier alpha value is -3.03. The summed E-state index contributed by atoms with van der Waals surface area (Å²) in [4.78, 5) is 40.8. The number of anilines is 1. The van der Waals surface area contributed by atoms with Crippen molar-refractivity contribution in [2.45, 2.75) is 6.42 Å². The van der Waals surface area contributed by atoms with Crippen molar-refractivity contribution < 1.29 is 9.53 Å². The van der Waals surface area contributed by atoms with E-state index in [1.807, 2.05) is 4.90 Å². The molecule has 0 bridgehead atoms. The molecule has 0 unspecified atom stereocenters. The third-order valence-corrected chi connectivity index (χ3v) is 4.92. The molecule has 1 aliphatic heterocycles. The molecular formula is C19H24N4O4. The van der Waals surface area contributed by atoms with Crippen LogP contribution in [0.15, 0.2) is 39.9 Å². The second-order valence-corrected chi connectivity index (χ2v) is 6.61. The van der Waals surface area contributed by atoms with Crippen molar-refractivity contribution in [1.29, 1.82) is 0 Å². The lowest BCUT2D eigenvalue weighted by Gasteiger charge is -2.25. The van der Waals surface area contributed by atoms with Crippen molar-refractivity contribution in [2.75, 3.05) is 38.2 Å². The van der Waals surface area contributed by atoms with Crippen molar-refractivity contribution in [2.24, 2.45) is 14.1 Å². The molecule has 2 heterocycles. The SMILES string of the molecule is COc1cccc(C(=O)N2CCCN(c3cc(=O)n(C)c(=O)n3C)CC2)c1. The molecule has 1 aromatic carbocycles. The zero-order chi connectivity index (χ0) is 19.6. The summed E-state index contributed by atoms with van der Waals surface area (Å²) in [6, 6.07) is 8.58. The second-order valence-electron chi connectivity index (χ2n) is 6.61. The highest BCUT2D eigenvalue weighted by Gasteiger charge is 2.22. The van der Waals surface area contributed by atoms with Gasteiger partial charge in [0.15, 0.2) is 0 Å². The summed E-state index contributed by atoms with van der Waals surface area (Å²) in [7, 11) is 4.69. The molecule has 1 saturated heterocycles. The maximum absolute atomic E-state index is 12.8. The molecule has 8 nitrogen and oxygen atoms in total. The lowest BCUT2D eigenvalue weighted by molar-refractivity contribution is 0.0766. The van der Waals surface area contributed by atoms with Gasteiger partial charge in [0, 0.05) is 51.9 Å². The first-order valence-electron chi connectivity index (χ1n) is 8.87. The van der Waals surface area contributed by atoms with Crippen molar-refractivity contribution in [3.8, 4) is 5.75 Å². The van der Waals surface area contributed by atoms with Crippen molar-refractivity contribution >= 4 is 11.7 Å². The van der Waals surface area contributed by atoms with Gasteiger partial charge in [-0.1, -0.05) is 6.07 Å². The van der Waals surface area contributed by atoms with E-state index in [2.05, 4.69) is 0 Å². The Morgan fingerprint density at radius 3 is 2.52 bits per heavy atom. The minimum Gasteiger partial charge on any atom is -0.497 e. The average Bonchev–Trinajstić information content (AvgIpc) is 2.94. The predicted octanol–water partition coefficient (Wildman–Crippen LogP) is 0.445. The van der Waals surface area contributed by atoms with Gasteiger partial charge in [-0.3, -0.25) is 18.7 Å². The lowest BCUT2D eigenvalue weighted by atomic mass is 10.2. The number of methoxy groups -OCH3 is 1. The van der Waals surface area contributed by atoms with Gasteiger partial charge in [-0.2, -0.15) is 0 Å². The van der Waals surface area contributed by atoms with Crippen LogP contribution in [0.2, 0.25) is 0 Å². The molecule has 0 atom stereocenters. The normalized spacial score (nSPS) is 14.8. The number of nitrogens with zero attached hydrogens (tertiary/aromatic N) is 4. The number of amides is 1. The zero-order valence-electron chi connectivity index (χ0n) is 15.8. The number of carbonyl (C=O) groups is 1. The molecule has 1 aliphatic rings. The smallest absolute Gasteiger partial charge is 0.332 e. The number of hydrogen-bond donors (Lipinski definition) is 0. The first kappa shape index (κ1) is 18.8. The highest BCUT2D eigenvalue weighted by Crippen LogP contribution is 2.17. The molecule has 144 valence electrons. The molecule has 1 aromatic heterocycles. The molecule has 0 N–H and O–H groups in total. The summed E-state index contributed by atoms with van der Waals surface area (Å²) < 4.78 is 7.75. The summed E-state index contributed by atoms with van der Waals surface area (Å²) in [5.74, 6) is 1.18. The molecule has 27 heavy (non-hydrogen) atoms. The van der Waals surface area contributed by atoms with Crippen LogP contribution in [0.3, 0.4) is 0 Å². The van der Waals surface area contributed by atoms with Gasteiger partial charge in [0.05, 0.1) is 7.11 Å². The molecule has 0 radical (unpaired) electrons. The summed E-state index contributed by atoms with van der Waals surface area (Å²) in [6.07, 6.45) is 0.749. The first-order valence-corrected chi connectivity index (χ1v) is 8.87. The van der Waals surface area contributed by atoms with Gasteiger partial charge in [0.2, 0.25) is 0 Å². The minimum absolute atomic E-state index is 0.0476. The fourth-order valence-electron chi connectivity index (χ4n) is 3.31. The molecular weight excluding hydrogens is 348 g/mol. The molecule has 0 aliphatic carbocycles. The third-order valence-electron chi connectivity index (χ3n) is 4.92. The van der Waals surface area contributed by atoms with Crippen LogP contribution in [-0.4, -0.2) is 53.2 Å². The van der Waals surface area contributed by atoms with E-state index in [1.165, 1.54) is 17.7 Å². The predicted molar refractivity (Wildman–Crippen MR) is 103 cm³/mol. The van der Waals surface area contributed by atoms with Crippen LogP contribution in [0.1, 0.15) is 16.8 Å². The second kappa shape index (κ2) is 7.69. The molecule has 3 rings (SSSR count). The van der Waals surface area contributed by atoms with Gasteiger partial charge in [0.25, 0.3) is 11.5 Å². The Balaban J connectivity index is 1.79. The summed E-state index contributed by atoms with van der Waals surface area (Å²) >= 11 is 0. The quantitative estimate of drug-likeness (QED) is 0.782. The van der Waals surface area contributed by atoms with E-state index in [9.17, 15) is 14.4 Å². The summed E-state index contributed by atoms with van der Waals surface area (Å²) in [6.45, 7) is 2.35. The average molecular weight is 372 g/mol. The van der Waals surface area contributed by atoms with Crippen LogP contribution in [0.25, 0.3) is 0 Å². The number of rotatable bonds is 3. The van der Waals surface area contributed by atoms with Gasteiger partial charge in [-0.25, -0.2) is 4.79 Å². The van der Waals surface area contributed by atoms with Crippen LogP contribution >= 0.6 is 0 Å². The fraction of sp³-hybridized carbons (Fsp3) is 0.421. The number of aromatic nitrogens is 2. The van der Waals surface area contributed by atoms with Gasteiger partial charge < -0.3 is 14.5 Å². The molecule has 0 saturated carbocycles. The maximum Gasteiger partial charge on any atom is 0.332 e. The number of carbonyl (C=O) groups excluding carboxylic acids is 1. The molecule has 1 amide bonds. The summed E-state index contributed by atoms with van der Waals surface area (Å²) in [5, 5.41) is 0.